The van der Waals surface area contributed by atoms with Crippen LogP contribution in [0.25, 0.3) is 11.0 Å². The number of fused-ring (bicyclic) bond motifs is 1. The monoisotopic (exact) mass is 321 g/mol. The van der Waals surface area contributed by atoms with Gasteiger partial charge < -0.3 is 4.74 Å². The normalized spacial score (nSPS) is 11.6. The molecule has 0 aliphatic carbocycles. The third-order valence-corrected chi connectivity index (χ3v) is 2.99. The molecule has 0 saturated carbocycles. The van der Waals surface area contributed by atoms with Gasteiger partial charge in [-0.25, -0.2) is 4.79 Å². The predicted molar refractivity (Wildman–Crippen MR) is 68.8 cm³/mol. The molecule has 6 nitrogen and oxygen atoms in total. The summed E-state index contributed by atoms with van der Waals surface area (Å²) in [6.07, 6.45) is -3.74. The van der Waals surface area contributed by atoms with E-state index in [4.69, 9.17) is 4.74 Å². The van der Waals surface area contributed by atoms with Gasteiger partial charge in [0.2, 0.25) is 0 Å². The number of hydrogen-bond acceptors (Lipinski definition) is 6. The maximum atomic E-state index is 12.6. The van der Waals surface area contributed by atoms with Gasteiger partial charge in [0.05, 0.1) is 5.56 Å². The first-order valence-corrected chi connectivity index (χ1v) is 7.08. The molecule has 0 atom stereocenters. The van der Waals surface area contributed by atoms with Crippen LogP contribution in [0.3, 0.4) is 0 Å². The number of carbonyl (C=O) groups excluding carboxylic acids is 1. The van der Waals surface area contributed by atoms with Crippen LogP contribution in [0.4, 0.5) is 18.0 Å². The molecule has 0 fully saturated rings. The third kappa shape index (κ3) is 3.78. The molecule has 114 valence electrons. The Morgan fingerprint density at radius 2 is 2.19 bits per heavy atom. The van der Waals surface area contributed by atoms with Gasteiger partial charge in [-0.3, -0.25) is 4.84 Å². The molecule has 0 unspecified atom stereocenters. The highest BCUT2D eigenvalue weighted by molar-refractivity contribution is 7.98. The molecule has 2 rings (SSSR count). The van der Waals surface area contributed by atoms with Crippen LogP contribution < -0.4 is 4.84 Å². The Balaban J connectivity index is 2.18. The molecule has 0 saturated heterocycles. The summed E-state index contributed by atoms with van der Waals surface area (Å²) >= 11 is 1.47. The summed E-state index contributed by atoms with van der Waals surface area (Å²) in [6.45, 7) is 0.125. The number of nitrogens with zero attached hydrogens (tertiary/aromatic N) is 3. The first-order valence-electron chi connectivity index (χ1n) is 5.68. The van der Waals surface area contributed by atoms with E-state index in [1.54, 1.807) is 0 Å². The van der Waals surface area contributed by atoms with E-state index in [0.29, 0.717) is 10.6 Å². The smallest absolute Gasteiger partial charge is 0.432 e. The van der Waals surface area contributed by atoms with Gasteiger partial charge in [0.25, 0.3) is 0 Å². The Morgan fingerprint density at radius 3 is 2.86 bits per heavy atom. The molecule has 1 aromatic heterocycles. The number of rotatable bonds is 4. The Kier molecular flexibility index (Phi) is 4.56. The van der Waals surface area contributed by atoms with Crippen molar-refractivity contribution in [2.75, 3.05) is 18.6 Å². The zero-order chi connectivity index (χ0) is 15.5. The summed E-state index contributed by atoms with van der Waals surface area (Å²) < 4.78 is 42.6. The van der Waals surface area contributed by atoms with Crippen LogP contribution >= 0.6 is 11.8 Å². The first-order chi connectivity index (χ1) is 9.91. The van der Waals surface area contributed by atoms with E-state index in [0.717, 1.165) is 18.2 Å². The van der Waals surface area contributed by atoms with Gasteiger partial charge in [-0.1, -0.05) is 4.85 Å². The minimum absolute atomic E-state index is 0.0772. The van der Waals surface area contributed by atoms with E-state index >= 15 is 0 Å². The van der Waals surface area contributed by atoms with E-state index in [1.165, 1.54) is 11.8 Å². The van der Waals surface area contributed by atoms with Crippen LogP contribution in [-0.2, 0) is 10.9 Å². The number of aromatic nitrogens is 3. The number of carbonyl (C=O) groups is 1. The van der Waals surface area contributed by atoms with E-state index in [9.17, 15) is 18.0 Å². The first kappa shape index (κ1) is 15.4. The zero-order valence-corrected chi connectivity index (χ0v) is 11.6. The Hall–Kier alpha value is -1.97. The lowest BCUT2D eigenvalue weighted by Gasteiger charge is -2.07. The zero-order valence-electron chi connectivity index (χ0n) is 10.8. The molecule has 0 amide bonds. The lowest BCUT2D eigenvalue weighted by atomic mass is 10.2. The summed E-state index contributed by atoms with van der Waals surface area (Å²) in [5.41, 5.74) is -0.801. The standard InChI is InChI=1S/C11H10F3N3O3S/c1-21-5-4-19-10(18)20-17-9-6-7(11(12,13)14)2-3-8(9)15-16-17/h2-3,6H,4-5H2,1H3. The number of ether oxygens (including phenoxy) is 1. The van der Waals surface area contributed by atoms with E-state index in [1.807, 2.05) is 6.26 Å². The molecule has 0 bridgehead atoms. The summed E-state index contributed by atoms with van der Waals surface area (Å²) in [5.74, 6) is 0.575. The second-order valence-corrected chi connectivity index (χ2v) is 4.83. The molecule has 0 spiro atoms. The molecule has 10 heteroatoms. The molecule has 2 aromatic rings. The summed E-state index contributed by atoms with van der Waals surface area (Å²) in [7, 11) is 0. The fraction of sp³-hybridized carbons (Fsp3) is 0.364. The van der Waals surface area contributed by atoms with Crippen LogP contribution in [0, 0.1) is 0 Å². The largest absolute Gasteiger partial charge is 0.535 e. The highest BCUT2D eigenvalue weighted by atomic mass is 32.2. The second-order valence-electron chi connectivity index (χ2n) is 3.85. The maximum Gasteiger partial charge on any atom is 0.535 e. The SMILES string of the molecule is CSCCOC(=O)On1nnc2ccc(C(F)(F)F)cc21. The summed E-state index contributed by atoms with van der Waals surface area (Å²) in [4.78, 5) is 16.6. The average Bonchev–Trinajstić information content (AvgIpc) is 2.80. The van der Waals surface area contributed by atoms with Crippen molar-refractivity contribution in [1.82, 2.24) is 15.2 Å². The minimum atomic E-state index is -4.51. The highest BCUT2D eigenvalue weighted by Gasteiger charge is 2.31. The molecule has 21 heavy (non-hydrogen) atoms. The van der Waals surface area contributed by atoms with Crippen molar-refractivity contribution in [3.05, 3.63) is 23.8 Å². The highest BCUT2D eigenvalue weighted by Crippen LogP contribution is 2.30. The molecule has 0 N–H and O–H groups in total. The minimum Gasteiger partial charge on any atom is -0.432 e. The molecule has 1 heterocycles. The fourth-order valence-electron chi connectivity index (χ4n) is 1.45. The van der Waals surface area contributed by atoms with Crippen LogP contribution in [-0.4, -0.2) is 39.9 Å². The van der Waals surface area contributed by atoms with Crippen LogP contribution in [0.2, 0.25) is 0 Å². The molecular weight excluding hydrogens is 311 g/mol. The van der Waals surface area contributed by atoms with Crippen molar-refractivity contribution in [2.45, 2.75) is 6.18 Å². The van der Waals surface area contributed by atoms with E-state index in [-0.39, 0.29) is 17.6 Å². The van der Waals surface area contributed by atoms with Crippen molar-refractivity contribution in [1.29, 1.82) is 0 Å². The van der Waals surface area contributed by atoms with Crippen LogP contribution in [0.5, 0.6) is 0 Å². The van der Waals surface area contributed by atoms with Gasteiger partial charge in [0.1, 0.15) is 17.6 Å². The average molecular weight is 321 g/mol. The van der Waals surface area contributed by atoms with E-state index in [2.05, 4.69) is 15.1 Å². The molecule has 0 aliphatic heterocycles. The van der Waals surface area contributed by atoms with Gasteiger partial charge in [-0.2, -0.15) is 24.9 Å². The molecule has 0 radical (unpaired) electrons. The molecular formula is C11H10F3N3O3S. The van der Waals surface area contributed by atoms with Crippen molar-refractivity contribution >= 4 is 29.0 Å². The predicted octanol–water partition coefficient (Wildman–Crippen LogP) is 2.38. The van der Waals surface area contributed by atoms with Crippen LogP contribution in [0.1, 0.15) is 5.56 Å². The van der Waals surface area contributed by atoms with Crippen molar-refractivity contribution < 1.29 is 27.5 Å². The van der Waals surface area contributed by atoms with Gasteiger partial charge in [0, 0.05) is 5.75 Å². The Morgan fingerprint density at radius 1 is 1.43 bits per heavy atom. The number of hydrogen-bond donors (Lipinski definition) is 0. The fourth-order valence-corrected chi connectivity index (χ4v) is 1.70. The van der Waals surface area contributed by atoms with Gasteiger partial charge >= 0.3 is 12.3 Å². The van der Waals surface area contributed by atoms with Gasteiger partial charge in [0.15, 0.2) is 0 Å². The second kappa shape index (κ2) is 6.20. The quantitative estimate of drug-likeness (QED) is 0.489. The number of benzene rings is 1. The van der Waals surface area contributed by atoms with Crippen molar-refractivity contribution in [2.24, 2.45) is 0 Å². The Labute approximate surface area is 121 Å². The lowest BCUT2D eigenvalue weighted by Crippen LogP contribution is -2.22. The topological polar surface area (TPSA) is 66.2 Å². The molecule has 0 aliphatic rings. The third-order valence-electron chi connectivity index (χ3n) is 2.41. The Bertz CT molecular complexity index is 644. The van der Waals surface area contributed by atoms with Crippen molar-refractivity contribution in [3.8, 4) is 0 Å². The van der Waals surface area contributed by atoms with E-state index < -0.39 is 17.9 Å². The summed E-state index contributed by atoms with van der Waals surface area (Å²) in [5, 5.41) is 7.06. The lowest BCUT2D eigenvalue weighted by molar-refractivity contribution is -0.137. The maximum absolute atomic E-state index is 12.6. The van der Waals surface area contributed by atoms with Crippen LogP contribution in [0.15, 0.2) is 18.2 Å². The van der Waals surface area contributed by atoms with Gasteiger partial charge in [-0.05, 0) is 29.7 Å². The number of thioether (sulfide) groups is 1. The molecule has 1 aromatic carbocycles. The number of alkyl halides is 3. The van der Waals surface area contributed by atoms with Crippen molar-refractivity contribution in [3.63, 3.8) is 0 Å². The summed E-state index contributed by atoms with van der Waals surface area (Å²) in [6, 6.07) is 2.81. The van der Waals surface area contributed by atoms with Gasteiger partial charge in [-0.15, -0.1) is 5.10 Å². The number of halogens is 3.